The van der Waals surface area contributed by atoms with Gasteiger partial charge in [-0.2, -0.15) is 0 Å². The van der Waals surface area contributed by atoms with Gasteiger partial charge in [0.05, 0.1) is 0 Å². The zero-order valence-electron chi connectivity index (χ0n) is 10.8. The summed E-state index contributed by atoms with van der Waals surface area (Å²) in [5, 5.41) is 0.807. The van der Waals surface area contributed by atoms with Crippen LogP contribution in [0.2, 0.25) is 5.02 Å². The molecule has 2 aromatic rings. The lowest BCUT2D eigenvalue weighted by Crippen LogP contribution is -2.08. The first kappa shape index (κ1) is 13.1. The van der Waals surface area contributed by atoms with Crippen LogP contribution >= 0.6 is 11.6 Å². The number of hydrogen-bond acceptors (Lipinski definition) is 1. The number of hydrogen-bond donors (Lipinski definition) is 1. The van der Waals surface area contributed by atoms with Gasteiger partial charge in [0.25, 0.3) is 0 Å². The average molecular weight is 260 g/mol. The molecule has 0 amide bonds. The van der Waals surface area contributed by atoms with Gasteiger partial charge in [-0.1, -0.05) is 54.9 Å². The zero-order valence-corrected chi connectivity index (χ0v) is 11.5. The Bertz CT molecular complexity index is 531. The van der Waals surface area contributed by atoms with Gasteiger partial charge in [-0.25, -0.2) is 0 Å². The maximum Gasteiger partial charge on any atom is 0.0441 e. The summed E-state index contributed by atoms with van der Waals surface area (Å²) >= 11 is 6.15. The molecule has 0 fully saturated rings. The maximum atomic E-state index is 6.15. The van der Waals surface area contributed by atoms with Crippen LogP contribution in [0.5, 0.6) is 0 Å². The summed E-state index contributed by atoms with van der Waals surface area (Å²) in [5.74, 6) is 0. The third-order valence-corrected chi connectivity index (χ3v) is 3.77. The van der Waals surface area contributed by atoms with Crippen LogP contribution < -0.4 is 5.73 Å². The Balaban J connectivity index is 2.37. The molecule has 1 nitrogen and oxygen atoms in total. The van der Waals surface area contributed by atoms with Crippen LogP contribution in [0.3, 0.4) is 0 Å². The predicted octanol–water partition coefficient (Wildman–Crippen LogP) is 4.73. The Labute approximate surface area is 114 Å². The Morgan fingerprint density at radius 2 is 1.78 bits per heavy atom. The van der Waals surface area contributed by atoms with E-state index in [-0.39, 0.29) is 6.04 Å². The average Bonchev–Trinajstić information content (AvgIpc) is 2.41. The molecule has 18 heavy (non-hydrogen) atoms. The highest BCUT2D eigenvalue weighted by Crippen LogP contribution is 2.29. The third-order valence-electron chi connectivity index (χ3n) is 3.36. The fourth-order valence-electron chi connectivity index (χ4n) is 2.07. The Morgan fingerprint density at radius 3 is 2.39 bits per heavy atom. The minimum atomic E-state index is 0.125. The molecule has 2 N–H and O–H groups in total. The van der Waals surface area contributed by atoms with Crippen molar-refractivity contribution >= 4 is 11.6 Å². The number of nitrogens with two attached hydrogens (primary N) is 1. The van der Waals surface area contributed by atoms with E-state index in [9.17, 15) is 0 Å². The molecule has 0 saturated heterocycles. The van der Waals surface area contributed by atoms with Gasteiger partial charge in [0.15, 0.2) is 0 Å². The van der Waals surface area contributed by atoms with E-state index in [0.717, 1.165) is 17.0 Å². The van der Waals surface area contributed by atoms with Crippen LogP contribution in [0.1, 0.15) is 30.5 Å². The summed E-state index contributed by atoms with van der Waals surface area (Å²) in [6.45, 7) is 4.14. The largest absolute Gasteiger partial charge is 0.324 e. The predicted molar refractivity (Wildman–Crippen MR) is 78.8 cm³/mol. The fraction of sp³-hybridized carbons (Fsp3) is 0.250. The molecule has 2 rings (SSSR count). The van der Waals surface area contributed by atoms with Crippen molar-refractivity contribution in [3.8, 4) is 11.1 Å². The van der Waals surface area contributed by atoms with E-state index in [0.29, 0.717) is 0 Å². The van der Waals surface area contributed by atoms with Gasteiger partial charge >= 0.3 is 0 Å². The van der Waals surface area contributed by atoms with Crippen molar-refractivity contribution in [2.45, 2.75) is 26.3 Å². The molecule has 94 valence electrons. The Kier molecular flexibility index (Phi) is 4.05. The SMILES string of the molecule is CCC(N)c1ccc(-c2cccc(Cl)c2C)cc1. The molecular weight excluding hydrogens is 242 g/mol. The van der Waals surface area contributed by atoms with Gasteiger partial charge in [-0.3, -0.25) is 0 Å². The van der Waals surface area contributed by atoms with Gasteiger partial charge in [-0.05, 0) is 41.7 Å². The third kappa shape index (κ3) is 2.58. The highest BCUT2D eigenvalue weighted by atomic mass is 35.5. The quantitative estimate of drug-likeness (QED) is 0.848. The first-order valence-electron chi connectivity index (χ1n) is 6.24. The van der Waals surface area contributed by atoms with Gasteiger partial charge in [-0.15, -0.1) is 0 Å². The topological polar surface area (TPSA) is 26.0 Å². The van der Waals surface area contributed by atoms with E-state index < -0.39 is 0 Å². The molecule has 0 aromatic heterocycles. The molecule has 1 unspecified atom stereocenters. The molecule has 0 aliphatic carbocycles. The molecule has 0 aliphatic rings. The normalized spacial score (nSPS) is 12.4. The first-order chi connectivity index (χ1) is 8.63. The van der Waals surface area contributed by atoms with Crippen molar-refractivity contribution in [2.24, 2.45) is 5.73 Å². The summed E-state index contributed by atoms with van der Waals surface area (Å²) in [5.41, 5.74) is 10.7. The van der Waals surface area contributed by atoms with Crippen LogP contribution in [0.4, 0.5) is 0 Å². The number of rotatable bonds is 3. The second kappa shape index (κ2) is 5.55. The van der Waals surface area contributed by atoms with Crippen molar-refractivity contribution < 1.29 is 0 Å². The van der Waals surface area contributed by atoms with E-state index in [4.69, 9.17) is 17.3 Å². The maximum absolute atomic E-state index is 6.15. The molecule has 0 spiro atoms. The second-order valence-corrected chi connectivity index (χ2v) is 4.96. The summed E-state index contributed by atoms with van der Waals surface area (Å²) in [6.07, 6.45) is 0.954. The van der Waals surface area contributed by atoms with Gasteiger partial charge in [0.1, 0.15) is 0 Å². The monoisotopic (exact) mass is 259 g/mol. The lowest BCUT2D eigenvalue weighted by atomic mass is 9.97. The lowest BCUT2D eigenvalue weighted by Gasteiger charge is -2.11. The van der Waals surface area contributed by atoms with Gasteiger partial charge < -0.3 is 5.73 Å². The number of halogens is 1. The molecule has 1 atom stereocenters. The fourth-order valence-corrected chi connectivity index (χ4v) is 2.24. The van der Waals surface area contributed by atoms with E-state index >= 15 is 0 Å². The molecule has 0 aliphatic heterocycles. The molecule has 0 heterocycles. The van der Waals surface area contributed by atoms with Crippen molar-refractivity contribution in [2.75, 3.05) is 0 Å². The van der Waals surface area contributed by atoms with Crippen molar-refractivity contribution in [3.63, 3.8) is 0 Å². The van der Waals surface area contributed by atoms with Crippen molar-refractivity contribution in [1.82, 2.24) is 0 Å². The van der Waals surface area contributed by atoms with E-state index in [2.05, 4.69) is 37.3 Å². The summed E-state index contributed by atoms with van der Waals surface area (Å²) < 4.78 is 0. The van der Waals surface area contributed by atoms with Crippen LogP contribution in [-0.2, 0) is 0 Å². The van der Waals surface area contributed by atoms with Crippen molar-refractivity contribution in [1.29, 1.82) is 0 Å². The van der Waals surface area contributed by atoms with E-state index in [1.54, 1.807) is 0 Å². The molecule has 2 aromatic carbocycles. The van der Waals surface area contributed by atoms with Crippen LogP contribution in [0.25, 0.3) is 11.1 Å². The summed E-state index contributed by atoms with van der Waals surface area (Å²) in [6, 6.07) is 14.5. The molecule has 0 bridgehead atoms. The van der Waals surface area contributed by atoms with Gasteiger partial charge in [0, 0.05) is 11.1 Å². The highest BCUT2D eigenvalue weighted by Gasteiger charge is 2.06. The highest BCUT2D eigenvalue weighted by molar-refractivity contribution is 6.31. The molecular formula is C16H18ClN. The second-order valence-electron chi connectivity index (χ2n) is 4.55. The zero-order chi connectivity index (χ0) is 13.1. The summed E-state index contributed by atoms with van der Waals surface area (Å²) in [4.78, 5) is 0. The van der Waals surface area contributed by atoms with Crippen LogP contribution in [0, 0.1) is 6.92 Å². The molecule has 0 saturated carbocycles. The van der Waals surface area contributed by atoms with E-state index in [1.165, 1.54) is 16.7 Å². The molecule has 2 heteroatoms. The minimum absolute atomic E-state index is 0.125. The van der Waals surface area contributed by atoms with E-state index in [1.807, 2.05) is 19.1 Å². The van der Waals surface area contributed by atoms with Crippen LogP contribution in [-0.4, -0.2) is 0 Å². The van der Waals surface area contributed by atoms with Crippen LogP contribution in [0.15, 0.2) is 42.5 Å². The first-order valence-corrected chi connectivity index (χ1v) is 6.62. The molecule has 0 radical (unpaired) electrons. The van der Waals surface area contributed by atoms with Crippen molar-refractivity contribution in [3.05, 3.63) is 58.6 Å². The lowest BCUT2D eigenvalue weighted by molar-refractivity contribution is 0.699. The minimum Gasteiger partial charge on any atom is -0.324 e. The van der Waals surface area contributed by atoms with Gasteiger partial charge in [0.2, 0.25) is 0 Å². The smallest absolute Gasteiger partial charge is 0.0441 e. The summed E-state index contributed by atoms with van der Waals surface area (Å²) in [7, 11) is 0. The standard InChI is InChI=1S/C16H18ClN/c1-3-16(18)13-9-7-12(8-10-13)14-5-4-6-15(17)11(14)2/h4-10,16H,3,18H2,1-2H3. The Morgan fingerprint density at radius 1 is 1.11 bits per heavy atom. The number of benzene rings is 2. The Hall–Kier alpha value is -1.31.